The van der Waals surface area contributed by atoms with Crippen molar-refractivity contribution < 1.29 is 22.7 Å². The van der Waals surface area contributed by atoms with Gasteiger partial charge in [0.15, 0.2) is 0 Å². The van der Waals surface area contributed by atoms with Gasteiger partial charge in [-0.2, -0.15) is 0 Å². The summed E-state index contributed by atoms with van der Waals surface area (Å²) in [6.07, 6.45) is -1.16. The predicted molar refractivity (Wildman–Crippen MR) is 117 cm³/mol. The molecule has 1 atom stereocenters. The van der Waals surface area contributed by atoms with Crippen molar-refractivity contribution in [2.75, 3.05) is 13.7 Å². The first-order valence-corrected chi connectivity index (χ1v) is 11.5. The van der Waals surface area contributed by atoms with E-state index in [0.29, 0.717) is 10.1 Å². The van der Waals surface area contributed by atoms with Crippen molar-refractivity contribution in [3.63, 3.8) is 0 Å². The Balaban J connectivity index is 1.68. The van der Waals surface area contributed by atoms with Gasteiger partial charge in [0.2, 0.25) is 9.70 Å². The zero-order chi connectivity index (χ0) is 22.8. The molecule has 3 rings (SSSR count). The van der Waals surface area contributed by atoms with Gasteiger partial charge in [-0.25, -0.2) is 12.7 Å². The first-order valence-electron chi connectivity index (χ1n) is 8.92. The zero-order valence-corrected chi connectivity index (χ0v) is 19.2. The minimum Gasteiger partial charge on any atom is -0.497 e. The van der Waals surface area contributed by atoms with Crippen molar-refractivity contribution in [1.82, 2.24) is 14.9 Å². The van der Waals surface area contributed by atoms with Gasteiger partial charge in [-0.15, -0.1) is 0 Å². The van der Waals surface area contributed by atoms with Gasteiger partial charge < -0.3 is 10.1 Å². The van der Waals surface area contributed by atoms with Gasteiger partial charge in [0.25, 0.3) is 15.9 Å². The largest absolute Gasteiger partial charge is 0.497 e. The molecule has 0 fully saturated rings. The van der Waals surface area contributed by atoms with E-state index in [2.05, 4.69) is 10.6 Å². The van der Waals surface area contributed by atoms with Crippen LogP contribution in [0.5, 0.6) is 5.75 Å². The standard InChI is InChI=1S/C19H18Cl3N3O5S/c1-30-13-8-6-12(7-9-13)10-23-18(19(20,21)22)24-16(26)11-25-17(27)14-4-2-3-5-15(14)31(25,28)29/h2-9,18,23H,10-11H2,1H3,(H,24,26)/t18-/m0/s1. The number of halogens is 3. The Morgan fingerprint density at radius 2 is 1.77 bits per heavy atom. The average molecular weight is 507 g/mol. The molecule has 12 heteroatoms. The maximum Gasteiger partial charge on any atom is 0.269 e. The molecule has 2 aromatic carbocycles. The second-order valence-electron chi connectivity index (χ2n) is 6.58. The Bertz CT molecular complexity index is 1090. The highest BCUT2D eigenvalue weighted by Gasteiger charge is 2.42. The molecule has 0 radical (unpaired) electrons. The molecule has 2 aromatic rings. The van der Waals surface area contributed by atoms with Crippen LogP contribution in [-0.2, 0) is 21.4 Å². The molecule has 0 bridgehead atoms. The summed E-state index contributed by atoms with van der Waals surface area (Å²) in [4.78, 5) is 24.8. The van der Waals surface area contributed by atoms with Gasteiger partial charge in [0.05, 0.1) is 12.7 Å². The van der Waals surface area contributed by atoms with Gasteiger partial charge >= 0.3 is 0 Å². The molecule has 0 saturated heterocycles. The molecule has 0 aliphatic carbocycles. The number of amides is 2. The SMILES string of the molecule is COc1ccc(CN[C@@H](NC(=O)CN2C(=O)c3ccccc3S2(=O)=O)C(Cl)(Cl)Cl)cc1. The number of hydrogen-bond donors (Lipinski definition) is 2. The molecule has 31 heavy (non-hydrogen) atoms. The molecule has 2 N–H and O–H groups in total. The molecule has 0 unspecified atom stereocenters. The number of alkyl halides is 3. The van der Waals surface area contributed by atoms with Gasteiger partial charge in [-0.3, -0.25) is 14.9 Å². The highest BCUT2D eigenvalue weighted by molar-refractivity contribution is 7.90. The van der Waals surface area contributed by atoms with Crippen molar-refractivity contribution in [2.24, 2.45) is 0 Å². The van der Waals surface area contributed by atoms with Gasteiger partial charge in [0.1, 0.15) is 23.4 Å². The smallest absolute Gasteiger partial charge is 0.269 e. The van der Waals surface area contributed by atoms with E-state index >= 15 is 0 Å². The molecule has 1 aliphatic heterocycles. The Morgan fingerprint density at radius 3 is 2.35 bits per heavy atom. The number of nitrogens with zero attached hydrogens (tertiary/aromatic N) is 1. The number of ether oxygens (including phenoxy) is 1. The van der Waals surface area contributed by atoms with Crippen molar-refractivity contribution in [3.05, 3.63) is 59.7 Å². The summed E-state index contributed by atoms with van der Waals surface area (Å²) in [5, 5.41) is 5.33. The lowest BCUT2D eigenvalue weighted by molar-refractivity contribution is -0.121. The summed E-state index contributed by atoms with van der Waals surface area (Å²) in [7, 11) is -2.58. The summed E-state index contributed by atoms with van der Waals surface area (Å²) in [5.74, 6) is -0.932. The van der Waals surface area contributed by atoms with E-state index in [1.807, 2.05) is 0 Å². The number of fused-ring (bicyclic) bond motifs is 1. The van der Waals surface area contributed by atoms with E-state index in [9.17, 15) is 18.0 Å². The molecule has 0 aromatic heterocycles. The number of hydrogen-bond acceptors (Lipinski definition) is 6. The quantitative estimate of drug-likeness (QED) is 0.441. The highest BCUT2D eigenvalue weighted by Crippen LogP contribution is 2.31. The third-order valence-corrected chi connectivity index (χ3v) is 6.94. The average Bonchev–Trinajstić information content (AvgIpc) is 2.91. The maximum atomic E-state index is 12.6. The molecule has 1 heterocycles. The van der Waals surface area contributed by atoms with Gasteiger partial charge in [-0.1, -0.05) is 59.1 Å². The first-order chi connectivity index (χ1) is 14.5. The van der Waals surface area contributed by atoms with Crippen LogP contribution in [0, 0.1) is 0 Å². The van der Waals surface area contributed by atoms with Crippen LogP contribution in [0.2, 0.25) is 0 Å². The number of methoxy groups -OCH3 is 1. The van der Waals surface area contributed by atoms with Crippen LogP contribution in [0.3, 0.4) is 0 Å². The monoisotopic (exact) mass is 505 g/mol. The van der Waals surface area contributed by atoms with Crippen LogP contribution in [0.25, 0.3) is 0 Å². The van der Waals surface area contributed by atoms with Crippen molar-refractivity contribution >= 4 is 56.6 Å². The van der Waals surface area contributed by atoms with Gasteiger partial charge in [0, 0.05) is 6.54 Å². The zero-order valence-electron chi connectivity index (χ0n) is 16.1. The van der Waals surface area contributed by atoms with Crippen molar-refractivity contribution in [3.8, 4) is 5.75 Å². The molecular formula is C19H18Cl3N3O5S. The molecule has 0 spiro atoms. The lowest BCUT2D eigenvalue weighted by atomic mass is 10.2. The number of rotatable bonds is 7. The lowest BCUT2D eigenvalue weighted by Gasteiger charge is -2.27. The second-order valence-corrected chi connectivity index (χ2v) is 10.8. The third-order valence-electron chi connectivity index (χ3n) is 4.50. The normalized spacial score (nSPS) is 16.0. The van der Waals surface area contributed by atoms with E-state index in [4.69, 9.17) is 39.5 Å². The summed E-state index contributed by atoms with van der Waals surface area (Å²) < 4.78 is 28.8. The van der Waals surface area contributed by atoms with Crippen LogP contribution < -0.4 is 15.4 Å². The molecule has 8 nitrogen and oxygen atoms in total. The molecule has 2 amide bonds. The number of benzene rings is 2. The minimum absolute atomic E-state index is 0.00542. The van der Waals surface area contributed by atoms with Crippen LogP contribution in [0.1, 0.15) is 15.9 Å². The molecule has 166 valence electrons. The summed E-state index contributed by atoms with van der Waals surface area (Å²) in [5.41, 5.74) is 0.827. The molecular weight excluding hydrogens is 489 g/mol. The highest BCUT2D eigenvalue weighted by atomic mass is 35.6. The van der Waals surface area contributed by atoms with Crippen LogP contribution in [0.4, 0.5) is 0 Å². The number of carbonyl (C=O) groups excluding carboxylic acids is 2. The summed E-state index contributed by atoms with van der Waals surface area (Å²) in [6, 6.07) is 12.8. The van der Waals surface area contributed by atoms with Crippen LogP contribution >= 0.6 is 34.8 Å². The van der Waals surface area contributed by atoms with Crippen molar-refractivity contribution in [1.29, 1.82) is 0 Å². The van der Waals surface area contributed by atoms with Crippen LogP contribution in [0.15, 0.2) is 53.4 Å². The summed E-state index contributed by atoms with van der Waals surface area (Å²) in [6.45, 7) is -0.521. The van der Waals surface area contributed by atoms with E-state index in [1.54, 1.807) is 31.4 Å². The fourth-order valence-corrected chi connectivity index (χ4v) is 4.86. The maximum absolute atomic E-state index is 12.6. The number of sulfonamides is 1. The van der Waals surface area contributed by atoms with E-state index in [0.717, 1.165) is 5.56 Å². The van der Waals surface area contributed by atoms with Gasteiger partial charge in [-0.05, 0) is 29.8 Å². The number of carbonyl (C=O) groups is 2. The number of nitrogens with one attached hydrogen (secondary N) is 2. The Kier molecular flexibility index (Phi) is 7.02. The topological polar surface area (TPSA) is 105 Å². The first kappa shape index (κ1) is 23.6. The Hall–Kier alpha value is -2.04. The Labute approximate surface area is 194 Å². The van der Waals surface area contributed by atoms with E-state index in [-0.39, 0.29) is 17.0 Å². The third kappa shape index (κ3) is 5.24. The summed E-state index contributed by atoms with van der Waals surface area (Å²) >= 11 is 17.9. The minimum atomic E-state index is -4.13. The fourth-order valence-electron chi connectivity index (χ4n) is 2.94. The molecule has 0 saturated carbocycles. The molecule has 1 aliphatic rings. The Morgan fingerprint density at radius 1 is 1.13 bits per heavy atom. The van der Waals surface area contributed by atoms with Crippen LogP contribution in [-0.4, -0.2) is 48.2 Å². The fraction of sp³-hybridized carbons (Fsp3) is 0.263. The lowest BCUT2D eigenvalue weighted by Crippen LogP contribution is -2.55. The van der Waals surface area contributed by atoms with Crippen molar-refractivity contribution in [2.45, 2.75) is 21.4 Å². The second kappa shape index (κ2) is 9.22. The predicted octanol–water partition coefficient (Wildman–Crippen LogP) is 2.44. The van der Waals surface area contributed by atoms with E-state index < -0.39 is 38.3 Å². The van der Waals surface area contributed by atoms with E-state index in [1.165, 1.54) is 24.3 Å².